The van der Waals surface area contributed by atoms with Crippen molar-refractivity contribution in [2.75, 3.05) is 0 Å². The fourth-order valence-electron chi connectivity index (χ4n) is 10.5. The third-order valence-electron chi connectivity index (χ3n) is 13.1. The van der Waals surface area contributed by atoms with E-state index in [1.54, 1.807) is 0 Å². The summed E-state index contributed by atoms with van der Waals surface area (Å²) in [6.07, 6.45) is 0. The number of hydrogen-bond acceptors (Lipinski definition) is 3. The zero-order valence-corrected chi connectivity index (χ0v) is 33.6. The highest BCUT2D eigenvalue weighted by Gasteiger charge is 2.52. The van der Waals surface area contributed by atoms with Gasteiger partial charge in [-0.25, -0.2) is 15.0 Å². The van der Waals surface area contributed by atoms with Gasteiger partial charge in [-0.05, 0) is 92.0 Å². The molecule has 0 saturated heterocycles. The first-order chi connectivity index (χ1) is 30.8. The van der Waals surface area contributed by atoms with Crippen molar-refractivity contribution in [2.45, 2.75) is 5.41 Å². The SMILES string of the molecule is c1ccc(-c2nc(-c3ccccc3)nc(-c3ccc4c(c3)C3(c5ccccc5-4)c4ccccc4-c4c(-c5ccc6c(c5)c5ccccc5n6-c5ccccc5)cccc43)n2)cc1. The van der Waals surface area contributed by atoms with E-state index < -0.39 is 5.41 Å². The monoisotopic (exact) mass is 788 g/mol. The van der Waals surface area contributed by atoms with Crippen molar-refractivity contribution in [1.82, 2.24) is 19.5 Å². The van der Waals surface area contributed by atoms with Crippen LogP contribution < -0.4 is 0 Å². The Morgan fingerprint density at radius 1 is 0.306 bits per heavy atom. The summed E-state index contributed by atoms with van der Waals surface area (Å²) in [5.74, 6) is 1.95. The molecule has 0 N–H and O–H groups in total. The Kier molecular flexibility index (Phi) is 7.49. The minimum Gasteiger partial charge on any atom is -0.309 e. The zero-order valence-electron chi connectivity index (χ0n) is 33.6. The lowest BCUT2D eigenvalue weighted by molar-refractivity contribution is 0.794. The number of para-hydroxylation sites is 2. The Morgan fingerprint density at radius 3 is 1.55 bits per heavy atom. The van der Waals surface area contributed by atoms with Crippen LogP contribution in [0.15, 0.2) is 218 Å². The Hall–Kier alpha value is -8.21. The van der Waals surface area contributed by atoms with E-state index in [2.05, 4.69) is 187 Å². The van der Waals surface area contributed by atoms with Gasteiger partial charge in [-0.15, -0.1) is 0 Å². The normalized spacial score (nSPS) is 14.5. The number of rotatable bonds is 5. The van der Waals surface area contributed by atoms with Crippen molar-refractivity contribution < 1.29 is 0 Å². The average molecular weight is 789 g/mol. The molecule has 11 aromatic rings. The van der Waals surface area contributed by atoms with Crippen LogP contribution in [0.4, 0.5) is 0 Å². The smallest absolute Gasteiger partial charge is 0.164 e. The predicted molar refractivity (Wildman–Crippen MR) is 252 cm³/mol. The van der Waals surface area contributed by atoms with Crippen molar-refractivity contribution in [3.05, 3.63) is 241 Å². The maximum atomic E-state index is 5.17. The van der Waals surface area contributed by atoms with Crippen molar-refractivity contribution in [2.24, 2.45) is 0 Å². The van der Waals surface area contributed by atoms with E-state index in [1.165, 1.54) is 77.4 Å². The van der Waals surface area contributed by atoms with Gasteiger partial charge in [0.1, 0.15) is 0 Å². The lowest BCUT2D eigenvalue weighted by Gasteiger charge is -2.30. The molecule has 62 heavy (non-hydrogen) atoms. The van der Waals surface area contributed by atoms with E-state index in [0.717, 1.165) is 22.4 Å². The molecule has 288 valence electrons. The van der Waals surface area contributed by atoms with Gasteiger partial charge in [-0.1, -0.05) is 182 Å². The van der Waals surface area contributed by atoms with Crippen LogP contribution in [0.5, 0.6) is 0 Å². The molecule has 0 saturated carbocycles. The third-order valence-corrected chi connectivity index (χ3v) is 13.1. The molecule has 0 fully saturated rings. The summed E-state index contributed by atoms with van der Waals surface area (Å²) in [5, 5.41) is 2.48. The Morgan fingerprint density at radius 2 is 0.823 bits per heavy atom. The molecule has 2 aliphatic carbocycles. The highest BCUT2D eigenvalue weighted by Crippen LogP contribution is 2.64. The van der Waals surface area contributed by atoms with Gasteiger partial charge < -0.3 is 4.57 Å². The maximum absolute atomic E-state index is 5.17. The summed E-state index contributed by atoms with van der Waals surface area (Å²) in [7, 11) is 0. The largest absolute Gasteiger partial charge is 0.309 e. The molecule has 0 radical (unpaired) electrons. The molecule has 13 rings (SSSR count). The quantitative estimate of drug-likeness (QED) is 0.174. The lowest BCUT2D eigenvalue weighted by atomic mass is 9.70. The van der Waals surface area contributed by atoms with Crippen LogP contribution in [0.3, 0.4) is 0 Å². The summed E-state index contributed by atoms with van der Waals surface area (Å²) < 4.78 is 2.39. The molecular weight excluding hydrogens is 753 g/mol. The van der Waals surface area contributed by atoms with Crippen LogP contribution in [0.1, 0.15) is 22.3 Å². The van der Waals surface area contributed by atoms with E-state index in [1.807, 2.05) is 36.4 Å². The van der Waals surface area contributed by atoms with Crippen LogP contribution >= 0.6 is 0 Å². The van der Waals surface area contributed by atoms with E-state index in [0.29, 0.717) is 17.5 Å². The highest BCUT2D eigenvalue weighted by atomic mass is 15.0. The first kappa shape index (κ1) is 34.6. The number of hydrogen-bond donors (Lipinski definition) is 0. The summed E-state index contributed by atoms with van der Waals surface area (Å²) in [4.78, 5) is 15.4. The van der Waals surface area contributed by atoms with Crippen LogP contribution in [-0.2, 0) is 5.41 Å². The van der Waals surface area contributed by atoms with Crippen molar-refractivity contribution in [1.29, 1.82) is 0 Å². The maximum Gasteiger partial charge on any atom is 0.164 e. The Bertz CT molecular complexity index is 3520. The molecule has 2 aromatic heterocycles. The summed E-state index contributed by atoms with van der Waals surface area (Å²) >= 11 is 0. The Balaban J connectivity index is 1.04. The molecule has 1 spiro atoms. The van der Waals surface area contributed by atoms with E-state index in [4.69, 9.17) is 15.0 Å². The predicted octanol–water partition coefficient (Wildman–Crippen LogP) is 14.0. The van der Waals surface area contributed by atoms with E-state index in [9.17, 15) is 0 Å². The van der Waals surface area contributed by atoms with Crippen molar-refractivity contribution in [3.63, 3.8) is 0 Å². The standard InChI is InChI=1S/C58H36N4/c1-4-17-37(18-5-1)55-59-56(38-19-6-2-7-20-38)61-57(60-55)40-31-33-44-43-23-10-13-27-48(43)58(51(44)36-40)49-28-14-11-25-46(49)54-42(26-16-29-50(54)58)39-32-34-53-47(35-39)45-24-12-15-30-52(45)62(53)41-21-8-3-9-22-41/h1-36H. The second-order valence-corrected chi connectivity index (χ2v) is 16.3. The minimum atomic E-state index is -0.561. The molecular formula is C58H36N4. The van der Waals surface area contributed by atoms with Gasteiger partial charge in [-0.2, -0.15) is 0 Å². The lowest BCUT2D eigenvalue weighted by Crippen LogP contribution is -2.26. The number of aromatic nitrogens is 4. The summed E-state index contributed by atoms with van der Waals surface area (Å²) in [6, 6.07) is 78.7. The fourth-order valence-corrected chi connectivity index (χ4v) is 10.5. The molecule has 0 aliphatic heterocycles. The van der Waals surface area contributed by atoms with Gasteiger partial charge >= 0.3 is 0 Å². The average Bonchev–Trinajstić information content (AvgIpc) is 3.96. The van der Waals surface area contributed by atoms with E-state index in [-0.39, 0.29) is 0 Å². The van der Waals surface area contributed by atoms with Crippen LogP contribution in [0.2, 0.25) is 0 Å². The van der Waals surface area contributed by atoms with Gasteiger partial charge in [0.25, 0.3) is 0 Å². The molecule has 2 heterocycles. The fraction of sp³-hybridized carbons (Fsp3) is 0.0172. The molecule has 4 heteroatoms. The molecule has 2 aliphatic rings. The second-order valence-electron chi connectivity index (χ2n) is 16.3. The van der Waals surface area contributed by atoms with E-state index >= 15 is 0 Å². The van der Waals surface area contributed by atoms with Gasteiger partial charge in [0.15, 0.2) is 17.5 Å². The molecule has 4 nitrogen and oxygen atoms in total. The molecule has 1 atom stereocenters. The number of fused-ring (bicyclic) bond motifs is 13. The Labute approximate surface area is 359 Å². The topological polar surface area (TPSA) is 43.6 Å². The van der Waals surface area contributed by atoms with Crippen molar-refractivity contribution in [3.8, 4) is 73.2 Å². The van der Waals surface area contributed by atoms with Crippen LogP contribution in [0, 0.1) is 0 Å². The molecule has 0 bridgehead atoms. The zero-order chi connectivity index (χ0) is 40.8. The minimum absolute atomic E-state index is 0.561. The molecule has 9 aromatic carbocycles. The highest BCUT2D eigenvalue weighted by molar-refractivity contribution is 6.11. The molecule has 1 unspecified atom stereocenters. The summed E-state index contributed by atoms with van der Waals surface area (Å²) in [6.45, 7) is 0. The van der Waals surface area contributed by atoms with Crippen LogP contribution in [0.25, 0.3) is 95.0 Å². The first-order valence-corrected chi connectivity index (χ1v) is 21.2. The first-order valence-electron chi connectivity index (χ1n) is 21.2. The second kappa shape index (κ2) is 13.4. The molecule has 0 amide bonds. The van der Waals surface area contributed by atoms with Crippen LogP contribution in [-0.4, -0.2) is 19.5 Å². The van der Waals surface area contributed by atoms with Crippen molar-refractivity contribution >= 4 is 21.8 Å². The summed E-state index contributed by atoms with van der Waals surface area (Å²) in [5.41, 5.74) is 18.4. The number of benzene rings is 9. The number of nitrogens with zero attached hydrogens (tertiary/aromatic N) is 4. The third kappa shape index (κ3) is 4.92. The van der Waals surface area contributed by atoms with Gasteiger partial charge in [0, 0.05) is 33.2 Å². The van der Waals surface area contributed by atoms with Gasteiger partial charge in [0.05, 0.1) is 16.4 Å². The van der Waals surface area contributed by atoms with Gasteiger partial charge in [0.2, 0.25) is 0 Å². The van der Waals surface area contributed by atoms with Gasteiger partial charge in [-0.3, -0.25) is 0 Å².